The number of benzene rings is 2. The highest BCUT2D eigenvalue weighted by Crippen LogP contribution is 2.42. The van der Waals surface area contributed by atoms with Gasteiger partial charge in [-0.25, -0.2) is 0 Å². The molecule has 1 N–H and O–H groups in total. The summed E-state index contributed by atoms with van der Waals surface area (Å²) < 4.78 is 0. The van der Waals surface area contributed by atoms with Gasteiger partial charge in [-0.3, -0.25) is 0 Å². The Morgan fingerprint density at radius 2 is 1.47 bits per heavy atom. The Labute approximate surface area is 101 Å². The van der Waals surface area contributed by atoms with Crippen molar-refractivity contribution in [2.24, 2.45) is 0 Å². The van der Waals surface area contributed by atoms with Crippen LogP contribution in [0, 0.1) is 0 Å². The molecule has 2 aromatic carbocycles. The quantitative estimate of drug-likeness (QED) is 0.770. The van der Waals surface area contributed by atoms with E-state index in [9.17, 15) is 0 Å². The molecule has 0 fully saturated rings. The summed E-state index contributed by atoms with van der Waals surface area (Å²) >= 11 is 0. The largest absolute Gasteiger partial charge is 0.352 e. The van der Waals surface area contributed by atoms with Crippen LogP contribution < -0.4 is 10.2 Å². The summed E-state index contributed by atoms with van der Waals surface area (Å²) in [5.74, 6) is 0. The van der Waals surface area contributed by atoms with Gasteiger partial charge in [-0.2, -0.15) is 0 Å². The van der Waals surface area contributed by atoms with Crippen LogP contribution in [0.5, 0.6) is 0 Å². The highest BCUT2D eigenvalue weighted by atomic mass is 15.2. The van der Waals surface area contributed by atoms with Crippen LogP contribution in [-0.4, -0.2) is 6.54 Å². The number of rotatable bonds is 2. The zero-order chi connectivity index (χ0) is 11.7. The molecule has 0 saturated carbocycles. The average Bonchev–Trinajstić information content (AvgIpc) is 2.39. The van der Waals surface area contributed by atoms with E-state index >= 15 is 0 Å². The summed E-state index contributed by atoms with van der Waals surface area (Å²) in [5.41, 5.74) is 4.69. The van der Waals surface area contributed by atoms with Gasteiger partial charge in [0.1, 0.15) is 0 Å². The highest BCUT2D eigenvalue weighted by molar-refractivity contribution is 5.91. The average molecular weight is 222 g/mol. The van der Waals surface area contributed by atoms with E-state index in [0.29, 0.717) is 0 Å². The molecule has 0 atom stereocenters. The number of para-hydroxylation sites is 4. The first-order valence-electron chi connectivity index (χ1n) is 5.73. The standard InChI is InChI=1S/C15H14N2/c1-2-11-17-14-9-5-3-7-12(14)16-13-8-4-6-10-15(13)17/h2-10,16H,1,11H2. The van der Waals surface area contributed by atoms with E-state index in [1.165, 1.54) is 11.4 Å². The van der Waals surface area contributed by atoms with Crippen LogP contribution in [0.4, 0.5) is 22.7 Å². The number of fused-ring (bicyclic) bond motifs is 2. The smallest absolute Gasteiger partial charge is 0.0653 e. The normalized spacial score (nSPS) is 12.4. The van der Waals surface area contributed by atoms with Crippen LogP contribution in [0.25, 0.3) is 0 Å². The van der Waals surface area contributed by atoms with E-state index < -0.39 is 0 Å². The van der Waals surface area contributed by atoms with Crippen LogP contribution in [0.3, 0.4) is 0 Å². The third kappa shape index (κ3) is 1.58. The molecule has 0 aromatic heterocycles. The molecule has 1 aliphatic heterocycles. The highest BCUT2D eigenvalue weighted by Gasteiger charge is 2.20. The van der Waals surface area contributed by atoms with Crippen LogP contribution in [0.1, 0.15) is 0 Å². The van der Waals surface area contributed by atoms with Gasteiger partial charge >= 0.3 is 0 Å². The molecular weight excluding hydrogens is 208 g/mol. The van der Waals surface area contributed by atoms with Crippen molar-refractivity contribution in [3.05, 3.63) is 61.2 Å². The molecule has 0 spiro atoms. The molecule has 2 heteroatoms. The third-order valence-electron chi connectivity index (χ3n) is 2.97. The van der Waals surface area contributed by atoms with Crippen molar-refractivity contribution in [3.63, 3.8) is 0 Å². The molecule has 1 aliphatic rings. The number of anilines is 4. The van der Waals surface area contributed by atoms with Crippen LogP contribution in [0.2, 0.25) is 0 Å². The lowest BCUT2D eigenvalue weighted by molar-refractivity contribution is 1.09. The van der Waals surface area contributed by atoms with Gasteiger partial charge in [0.25, 0.3) is 0 Å². The molecule has 2 aromatic rings. The van der Waals surface area contributed by atoms with Gasteiger partial charge in [0, 0.05) is 6.54 Å². The van der Waals surface area contributed by atoms with Crippen LogP contribution in [0.15, 0.2) is 61.2 Å². The third-order valence-corrected chi connectivity index (χ3v) is 2.97. The molecule has 0 aliphatic carbocycles. The first kappa shape index (κ1) is 9.97. The fourth-order valence-corrected chi connectivity index (χ4v) is 2.23. The lowest BCUT2D eigenvalue weighted by atomic mass is 10.1. The second-order valence-electron chi connectivity index (χ2n) is 4.06. The summed E-state index contributed by atoms with van der Waals surface area (Å²) in [5, 5.41) is 3.45. The zero-order valence-electron chi connectivity index (χ0n) is 9.56. The maximum atomic E-state index is 3.84. The Morgan fingerprint density at radius 1 is 0.941 bits per heavy atom. The SMILES string of the molecule is C=CCN1c2ccccc2Nc2ccccc21. The minimum Gasteiger partial charge on any atom is -0.352 e. The summed E-state index contributed by atoms with van der Waals surface area (Å²) in [6.07, 6.45) is 1.93. The number of nitrogens with one attached hydrogen (secondary N) is 1. The number of hydrogen-bond acceptors (Lipinski definition) is 2. The molecule has 0 radical (unpaired) electrons. The Morgan fingerprint density at radius 3 is 2.00 bits per heavy atom. The molecule has 1 heterocycles. The van der Waals surface area contributed by atoms with E-state index in [0.717, 1.165) is 17.9 Å². The van der Waals surface area contributed by atoms with E-state index in [1.54, 1.807) is 0 Å². The van der Waals surface area contributed by atoms with Gasteiger partial charge in [0.2, 0.25) is 0 Å². The van der Waals surface area contributed by atoms with Gasteiger partial charge in [0.15, 0.2) is 0 Å². The Kier molecular flexibility index (Phi) is 2.33. The summed E-state index contributed by atoms with van der Waals surface area (Å²) in [6.45, 7) is 4.65. The summed E-state index contributed by atoms with van der Waals surface area (Å²) in [4.78, 5) is 2.27. The second kappa shape index (κ2) is 3.98. The predicted octanol–water partition coefficient (Wildman–Crippen LogP) is 4.07. The molecule has 2 nitrogen and oxygen atoms in total. The van der Waals surface area contributed by atoms with Crippen molar-refractivity contribution in [2.75, 3.05) is 16.8 Å². The Hall–Kier alpha value is -2.22. The lowest BCUT2D eigenvalue weighted by Crippen LogP contribution is -2.22. The van der Waals surface area contributed by atoms with Gasteiger partial charge in [-0.15, -0.1) is 6.58 Å². The van der Waals surface area contributed by atoms with E-state index in [1.807, 2.05) is 18.2 Å². The molecule has 3 rings (SSSR count). The molecule has 0 bridgehead atoms. The maximum Gasteiger partial charge on any atom is 0.0653 e. The van der Waals surface area contributed by atoms with E-state index in [4.69, 9.17) is 0 Å². The van der Waals surface area contributed by atoms with Crippen LogP contribution in [-0.2, 0) is 0 Å². The van der Waals surface area contributed by atoms with Crippen molar-refractivity contribution in [1.29, 1.82) is 0 Å². The first-order chi connectivity index (χ1) is 8.40. The molecule has 0 saturated heterocycles. The predicted molar refractivity (Wildman–Crippen MR) is 73.4 cm³/mol. The first-order valence-corrected chi connectivity index (χ1v) is 5.73. The van der Waals surface area contributed by atoms with Gasteiger partial charge in [-0.05, 0) is 24.3 Å². The Balaban J connectivity index is 2.16. The minimum atomic E-state index is 0.815. The van der Waals surface area contributed by atoms with E-state index in [-0.39, 0.29) is 0 Å². The van der Waals surface area contributed by atoms with Crippen molar-refractivity contribution in [2.45, 2.75) is 0 Å². The molecule has 84 valence electrons. The van der Waals surface area contributed by atoms with Gasteiger partial charge < -0.3 is 10.2 Å². The molecular formula is C15H14N2. The van der Waals surface area contributed by atoms with Crippen LogP contribution >= 0.6 is 0 Å². The lowest BCUT2D eigenvalue weighted by Gasteiger charge is -2.33. The van der Waals surface area contributed by atoms with Crippen molar-refractivity contribution in [1.82, 2.24) is 0 Å². The fourth-order valence-electron chi connectivity index (χ4n) is 2.23. The molecule has 0 amide bonds. The van der Waals surface area contributed by atoms with Crippen molar-refractivity contribution in [3.8, 4) is 0 Å². The fraction of sp³-hybridized carbons (Fsp3) is 0.0667. The topological polar surface area (TPSA) is 15.3 Å². The number of nitrogens with zero attached hydrogens (tertiary/aromatic N) is 1. The van der Waals surface area contributed by atoms with Gasteiger partial charge in [0.05, 0.1) is 22.7 Å². The zero-order valence-corrected chi connectivity index (χ0v) is 9.56. The maximum absolute atomic E-state index is 3.84. The van der Waals surface area contributed by atoms with Crippen molar-refractivity contribution >= 4 is 22.7 Å². The van der Waals surface area contributed by atoms with Crippen molar-refractivity contribution < 1.29 is 0 Å². The Bertz CT molecular complexity index is 515. The second-order valence-corrected chi connectivity index (χ2v) is 4.06. The summed E-state index contributed by atoms with van der Waals surface area (Å²) in [7, 11) is 0. The molecule has 17 heavy (non-hydrogen) atoms. The summed E-state index contributed by atoms with van der Waals surface area (Å²) in [6, 6.07) is 16.7. The van der Waals surface area contributed by atoms with Gasteiger partial charge in [-0.1, -0.05) is 30.3 Å². The molecule has 0 unspecified atom stereocenters. The monoisotopic (exact) mass is 222 g/mol. The van der Waals surface area contributed by atoms with E-state index in [2.05, 4.69) is 53.2 Å². The number of hydrogen-bond donors (Lipinski definition) is 1. The minimum absolute atomic E-state index is 0.815.